The summed E-state index contributed by atoms with van der Waals surface area (Å²) in [4.78, 5) is 21.5. The highest BCUT2D eigenvalue weighted by atomic mass is 19.4. The number of nitrogens with one attached hydrogen (secondary N) is 2. The number of carbonyl (C=O) groups is 1. The van der Waals surface area contributed by atoms with Crippen LogP contribution in [0.4, 0.5) is 23.8 Å². The van der Waals surface area contributed by atoms with E-state index in [1.807, 2.05) is 0 Å². The molecule has 0 aliphatic carbocycles. The van der Waals surface area contributed by atoms with Crippen LogP contribution in [0.2, 0.25) is 0 Å². The first kappa shape index (κ1) is 24.8. The molecular weight excluding hydrogens is 489 g/mol. The van der Waals surface area contributed by atoms with Crippen LogP contribution in [0, 0.1) is 0 Å². The summed E-state index contributed by atoms with van der Waals surface area (Å²) in [5.74, 6) is 1.11. The Morgan fingerprint density at radius 3 is 2.84 bits per heavy atom. The van der Waals surface area contributed by atoms with Crippen LogP contribution in [0.5, 0.6) is 11.6 Å². The molecule has 1 aromatic carbocycles. The smallest absolute Gasteiger partial charge is 0.390 e. The first-order valence-corrected chi connectivity index (χ1v) is 11.7. The molecule has 0 spiro atoms. The van der Waals surface area contributed by atoms with Crippen molar-refractivity contribution in [2.24, 2.45) is 0 Å². The Balaban J connectivity index is 1.32. The Labute approximate surface area is 210 Å². The molecule has 1 amide bonds. The van der Waals surface area contributed by atoms with Gasteiger partial charge in [-0.05, 0) is 37.6 Å². The number of benzene rings is 1. The molecule has 1 aliphatic rings. The third-order valence-electron chi connectivity index (χ3n) is 6.27. The third kappa shape index (κ3) is 5.29. The molecule has 0 radical (unpaired) electrons. The van der Waals surface area contributed by atoms with Crippen LogP contribution in [0.15, 0.2) is 47.4 Å². The minimum absolute atomic E-state index is 0.0225. The van der Waals surface area contributed by atoms with Crippen molar-refractivity contribution in [3.8, 4) is 11.6 Å². The van der Waals surface area contributed by atoms with E-state index in [0.29, 0.717) is 23.7 Å². The summed E-state index contributed by atoms with van der Waals surface area (Å²) in [6.07, 6.45) is -1.64. The van der Waals surface area contributed by atoms with Gasteiger partial charge in [-0.1, -0.05) is 19.0 Å². The molecule has 9 nitrogen and oxygen atoms in total. The highest BCUT2D eigenvalue weighted by Crippen LogP contribution is 2.37. The molecule has 5 rings (SSSR count). The molecule has 3 aromatic heterocycles. The number of amides is 1. The second-order valence-corrected chi connectivity index (χ2v) is 9.78. The molecule has 4 heterocycles. The minimum atomic E-state index is -4.37. The van der Waals surface area contributed by atoms with Crippen LogP contribution >= 0.6 is 0 Å². The number of ether oxygens (including phenoxy) is 1. The maximum absolute atomic E-state index is 12.9. The highest BCUT2D eigenvalue weighted by molar-refractivity contribution is 5.98. The van der Waals surface area contributed by atoms with Gasteiger partial charge in [-0.2, -0.15) is 13.2 Å². The number of halogens is 3. The van der Waals surface area contributed by atoms with Crippen LogP contribution < -0.4 is 15.4 Å². The summed E-state index contributed by atoms with van der Waals surface area (Å²) in [6.45, 7) is 5.54. The highest BCUT2D eigenvalue weighted by Gasteiger charge is 2.40. The predicted molar refractivity (Wildman–Crippen MR) is 129 cm³/mol. The first-order chi connectivity index (χ1) is 17.5. The molecule has 12 heteroatoms. The zero-order valence-corrected chi connectivity index (χ0v) is 20.4. The normalized spacial score (nSPS) is 16.0. The largest absolute Gasteiger partial charge is 0.439 e. The lowest BCUT2D eigenvalue weighted by molar-refractivity contribution is -0.147. The predicted octanol–water partition coefficient (Wildman–Crippen LogP) is 5.56. The quantitative estimate of drug-likeness (QED) is 0.359. The molecule has 0 saturated heterocycles. The van der Waals surface area contributed by atoms with Crippen molar-refractivity contribution >= 4 is 22.8 Å². The van der Waals surface area contributed by atoms with Crippen LogP contribution in [0.1, 0.15) is 44.2 Å². The van der Waals surface area contributed by atoms with Gasteiger partial charge in [0, 0.05) is 41.2 Å². The number of alkyl halides is 3. The van der Waals surface area contributed by atoms with Gasteiger partial charge in [-0.25, -0.2) is 14.8 Å². The number of aromatic nitrogens is 4. The molecule has 0 bridgehead atoms. The Kier molecular flexibility index (Phi) is 6.14. The van der Waals surface area contributed by atoms with E-state index in [9.17, 15) is 18.0 Å². The zero-order chi connectivity index (χ0) is 26.4. The lowest BCUT2D eigenvalue weighted by Crippen LogP contribution is -2.33. The van der Waals surface area contributed by atoms with Gasteiger partial charge >= 0.3 is 12.2 Å². The third-order valence-corrected chi connectivity index (χ3v) is 6.27. The van der Waals surface area contributed by atoms with Crippen LogP contribution in [0.25, 0.3) is 10.9 Å². The van der Waals surface area contributed by atoms with Crippen LogP contribution in [-0.2, 0) is 18.4 Å². The van der Waals surface area contributed by atoms with Gasteiger partial charge < -0.3 is 14.6 Å². The first-order valence-electron chi connectivity index (χ1n) is 11.7. The molecule has 1 unspecified atom stereocenters. The Morgan fingerprint density at radius 1 is 1.24 bits per heavy atom. The number of anilines is 1. The topological polar surface area (TPSA) is 107 Å². The number of rotatable bonds is 5. The number of fused-ring (bicyclic) bond motifs is 2. The van der Waals surface area contributed by atoms with E-state index < -0.39 is 24.0 Å². The van der Waals surface area contributed by atoms with Crippen molar-refractivity contribution in [3.63, 3.8) is 0 Å². The molecule has 1 atom stereocenters. The summed E-state index contributed by atoms with van der Waals surface area (Å²) < 4.78 is 51.2. The van der Waals surface area contributed by atoms with Crippen LogP contribution in [0.3, 0.4) is 0 Å². The fourth-order valence-corrected chi connectivity index (χ4v) is 4.41. The Morgan fingerprint density at radius 2 is 2.05 bits per heavy atom. The van der Waals surface area contributed by atoms with Gasteiger partial charge in [-0.15, -0.1) is 0 Å². The van der Waals surface area contributed by atoms with Crippen molar-refractivity contribution in [2.75, 3.05) is 5.32 Å². The fourth-order valence-electron chi connectivity index (χ4n) is 4.41. The van der Waals surface area contributed by atoms with E-state index in [-0.39, 0.29) is 17.6 Å². The summed E-state index contributed by atoms with van der Waals surface area (Å²) in [7, 11) is 0. The van der Waals surface area contributed by atoms with E-state index in [1.54, 1.807) is 30.5 Å². The molecule has 194 valence electrons. The van der Waals surface area contributed by atoms with E-state index in [2.05, 4.69) is 32.7 Å². The van der Waals surface area contributed by atoms with Gasteiger partial charge in [0.05, 0.1) is 17.6 Å². The average molecular weight is 515 g/mol. The fraction of sp³-hybridized carbons (Fsp3) is 0.360. The minimum Gasteiger partial charge on any atom is -0.439 e. The second-order valence-electron chi connectivity index (χ2n) is 9.78. The van der Waals surface area contributed by atoms with Crippen molar-refractivity contribution in [1.82, 2.24) is 25.0 Å². The number of carbonyl (C=O) groups excluding carboxylic acids is 1. The summed E-state index contributed by atoms with van der Waals surface area (Å²) in [5.41, 5.74) is 1.15. The standard InChI is InChI=1S/C25H25F3N6O3/c1-14-8-17-18(11-29-14)30-13-31-22(17)36-16-4-5-19-15(9-16)6-7-34(19)23(35)32-21-10-20(37-33-21)24(2,3)12-25(26,27)28/h4-7,9-10,13-14,29H,8,11-12H2,1-3H3,(H,32,33,35). The van der Waals surface area contributed by atoms with Gasteiger partial charge in [0.15, 0.2) is 5.82 Å². The monoisotopic (exact) mass is 514 g/mol. The summed E-state index contributed by atoms with van der Waals surface area (Å²) >= 11 is 0. The Bertz CT molecular complexity index is 1460. The van der Waals surface area contributed by atoms with E-state index in [0.717, 1.165) is 23.1 Å². The van der Waals surface area contributed by atoms with Gasteiger partial charge in [0.2, 0.25) is 5.88 Å². The van der Waals surface area contributed by atoms with E-state index in [4.69, 9.17) is 9.26 Å². The summed E-state index contributed by atoms with van der Waals surface area (Å²) in [5, 5.41) is 10.4. The van der Waals surface area contributed by atoms with Crippen molar-refractivity contribution < 1.29 is 27.2 Å². The van der Waals surface area contributed by atoms with Crippen molar-refractivity contribution in [2.45, 2.75) is 57.8 Å². The van der Waals surface area contributed by atoms with Crippen LogP contribution in [-0.4, -0.2) is 37.9 Å². The van der Waals surface area contributed by atoms with Gasteiger partial charge in [-0.3, -0.25) is 9.88 Å². The lowest BCUT2D eigenvalue weighted by atomic mass is 9.86. The summed E-state index contributed by atoms with van der Waals surface area (Å²) in [6, 6.07) is 8.08. The second kappa shape index (κ2) is 9.18. The molecular formula is C25H25F3N6O3. The van der Waals surface area contributed by atoms with E-state index in [1.165, 1.54) is 30.8 Å². The van der Waals surface area contributed by atoms with Crippen molar-refractivity contribution in [1.29, 1.82) is 0 Å². The molecule has 37 heavy (non-hydrogen) atoms. The molecule has 0 fully saturated rings. The number of hydrogen-bond donors (Lipinski definition) is 2. The van der Waals surface area contributed by atoms with Gasteiger partial charge in [0.25, 0.3) is 0 Å². The van der Waals surface area contributed by atoms with Gasteiger partial charge in [0.1, 0.15) is 17.8 Å². The molecule has 2 N–H and O–H groups in total. The Hall–Kier alpha value is -3.93. The SMILES string of the molecule is CC1Cc2c(ncnc2Oc2ccc3c(ccn3C(=O)Nc3cc(C(C)(C)CC(F)(F)F)on3)c2)CN1. The maximum atomic E-state index is 12.9. The maximum Gasteiger partial charge on any atom is 0.390 e. The zero-order valence-electron chi connectivity index (χ0n) is 20.4. The molecule has 0 saturated carbocycles. The number of hydrogen-bond acceptors (Lipinski definition) is 7. The average Bonchev–Trinajstić information content (AvgIpc) is 3.45. The molecule has 4 aromatic rings. The number of nitrogens with zero attached hydrogens (tertiary/aromatic N) is 4. The van der Waals surface area contributed by atoms with E-state index >= 15 is 0 Å². The van der Waals surface area contributed by atoms with Crippen molar-refractivity contribution in [3.05, 3.63) is 59.9 Å². The lowest BCUT2D eigenvalue weighted by Gasteiger charge is -2.23. The molecule has 1 aliphatic heterocycles.